The van der Waals surface area contributed by atoms with Crippen LogP contribution in [0.5, 0.6) is 11.6 Å². The Balaban J connectivity index is 2.13. The van der Waals surface area contributed by atoms with Crippen molar-refractivity contribution in [3.8, 4) is 11.6 Å². The maximum atomic E-state index is 6.13. The van der Waals surface area contributed by atoms with Crippen molar-refractivity contribution in [3.63, 3.8) is 0 Å². The number of anilines is 1. The van der Waals surface area contributed by atoms with E-state index in [4.69, 9.17) is 27.9 Å². The van der Waals surface area contributed by atoms with Gasteiger partial charge in [-0.1, -0.05) is 35.3 Å². The first-order chi connectivity index (χ1) is 10.2. The molecule has 1 aromatic heterocycles. The summed E-state index contributed by atoms with van der Waals surface area (Å²) in [6.45, 7) is 0. The Kier molecular flexibility index (Phi) is 3.82. The number of hydrogen-bond donors (Lipinski definition) is 1. The zero-order chi connectivity index (χ0) is 14.8. The van der Waals surface area contributed by atoms with E-state index in [1.807, 2.05) is 24.3 Å². The minimum atomic E-state index is 0.425. The SMILES string of the molecule is CNc1nc(Oc2cc(Cl)ccc2Cl)c2ccccc2n1. The second kappa shape index (κ2) is 5.76. The number of ether oxygens (including phenoxy) is 1. The van der Waals surface area contributed by atoms with Crippen LogP contribution in [0.25, 0.3) is 10.9 Å². The van der Waals surface area contributed by atoms with E-state index < -0.39 is 0 Å². The fourth-order valence-corrected chi connectivity index (χ4v) is 2.21. The molecule has 0 radical (unpaired) electrons. The summed E-state index contributed by atoms with van der Waals surface area (Å²) in [7, 11) is 1.75. The molecule has 0 saturated carbocycles. The number of nitrogens with zero attached hydrogens (tertiary/aromatic N) is 2. The van der Waals surface area contributed by atoms with Crippen molar-refractivity contribution in [1.82, 2.24) is 9.97 Å². The number of nitrogens with one attached hydrogen (secondary N) is 1. The zero-order valence-electron chi connectivity index (χ0n) is 11.1. The summed E-state index contributed by atoms with van der Waals surface area (Å²) < 4.78 is 5.84. The molecule has 0 fully saturated rings. The first-order valence-corrected chi connectivity index (χ1v) is 7.00. The highest BCUT2D eigenvalue weighted by Gasteiger charge is 2.11. The second-order valence-corrected chi connectivity index (χ2v) is 5.14. The van der Waals surface area contributed by atoms with Crippen LogP contribution in [0.3, 0.4) is 0 Å². The third kappa shape index (κ3) is 2.86. The Hall–Kier alpha value is -2.04. The van der Waals surface area contributed by atoms with Crippen LogP contribution in [-0.4, -0.2) is 17.0 Å². The molecular formula is C15H11Cl2N3O. The molecule has 1 heterocycles. The van der Waals surface area contributed by atoms with Gasteiger partial charge >= 0.3 is 0 Å². The molecule has 3 aromatic rings. The van der Waals surface area contributed by atoms with Crippen molar-refractivity contribution in [2.75, 3.05) is 12.4 Å². The number of rotatable bonds is 3. The molecule has 106 valence electrons. The number of hydrogen-bond acceptors (Lipinski definition) is 4. The van der Waals surface area contributed by atoms with E-state index in [-0.39, 0.29) is 0 Å². The summed E-state index contributed by atoms with van der Waals surface area (Å²) in [6.07, 6.45) is 0. The minimum absolute atomic E-state index is 0.425. The number of halogens is 2. The van der Waals surface area contributed by atoms with Gasteiger partial charge in [-0.15, -0.1) is 0 Å². The van der Waals surface area contributed by atoms with E-state index in [9.17, 15) is 0 Å². The predicted octanol–water partition coefficient (Wildman–Crippen LogP) is 4.77. The Labute approximate surface area is 131 Å². The van der Waals surface area contributed by atoms with E-state index in [0.29, 0.717) is 27.6 Å². The highest BCUT2D eigenvalue weighted by atomic mass is 35.5. The van der Waals surface area contributed by atoms with Gasteiger partial charge in [-0.2, -0.15) is 4.98 Å². The summed E-state index contributed by atoms with van der Waals surface area (Å²) in [6, 6.07) is 12.6. The Bertz CT molecular complexity index is 808. The van der Waals surface area contributed by atoms with Gasteiger partial charge < -0.3 is 10.1 Å². The lowest BCUT2D eigenvalue weighted by Gasteiger charge is -2.11. The molecule has 0 atom stereocenters. The highest BCUT2D eigenvalue weighted by Crippen LogP contribution is 2.34. The summed E-state index contributed by atoms with van der Waals surface area (Å²) in [5.74, 6) is 1.35. The topological polar surface area (TPSA) is 47.0 Å². The monoisotopic (exact) mass is 319 g/mol. The molecule has 0 aliphatic carbocycles. The van der Waals surface area contributed by atoms with Crippen LogP contribution in [0.4, 0.5) is 5.95 Å². The molecule has 21 heavy (non-hydrogen) atoms. The Morgan fingerprint density at radius 1 is 1.05 bits per heavy atom. The average molecular weight is 320 g/mol. The molecular weight excluding hydrogens is 309 g/mol. The molecule has 0 spiro atoms. The second-order valence-electron chi connectivity index (χ2n) is 4.30. The van der Waals surface area contributed by atoms with Crippen LogP contribution >= 0.6 is 23.2 Å². The standard InChI is InChI=1S/C15H11Cl2N3O/c1-18-15-19-12-5-3-2-4-10(12)14(20-15)21-13-8-9(16)6-7-11(13)17/h2-8H,1H3,(H,18,19,20). The Morgan fingerprint density at radius 3 is 2.67 bits per heavy atom. The van der Waals surface area contributed by atoms with Gasteiger partial charge in [-0.05, 0) is 24.3 Å². The normalized spacial score (nSPS) is 10.6. The fraction of sp³-hybridized carbons (Fsp3) is 0.0667. The van der Waals surface area contributed by atoms with Crippen molar-refractivity contribution in [1.29, 1.82) is 0 Å². The highest BCUT2D eigenvalue weighted by molar-refractivity contribution is 6.34. The molecule has 0 amide bonds. The molecule has 4 nitrogen and oxygen atoms in total. The van der Waals surface area contributed by atoms with Gasteiger partial charge in [0, 0.05) is 18.1 Å². The molecule has 0 unspecified atom stereocenters. The smallest absolute Gasteiger partial charge is 0.232 e. The molecule has 6 heteroatoms. The third-order valence-electron chi connectivity index (χ3n) is 2.89. The quantitative estimate of drug-likeness (QED) is 0.755. The Morgan fingerprint density at radius 2 is 1.86 bits per heavy atom. The van der Waals surface area contributed by atoms with E-state index in [1.165, 1.54) is 0 Å². The molecule has 3 rings (SSSR count). The lowest BCUT2D eigenvalue weighted by molar-refractivity contribution is 0.469. The lowest BCUT2D eigenvalue weighted by Crippen LogP contribution is -1.99. The minimum Gasteiger partial charge on any atom is -0.437 e. The van der Waals surface area contributed by atoms with Gasteiger partial charge in [0.15, 0.2) is 0 Å². The van der Waals surface area contributed by atoms with Gasteiger partial charge in [0.2, 0.25) is 11.8 Å². The lowest BCUT2D eigenvalue weighted by atomic mass is 10.2. The fourth-order valence-electron chi connectivity index (χ4n) is 1.90. The van der Waals surface area contributed by atoms with Gasteiger partial charge in [0.05, 0.1) is 15.9 Å². The summed E-state index contributed by atoms with van der Waals surface area (Å²) in [5, 5.41) is 4.72. The van der Waals surface area contributed by atoms with Crippen LogP contribution in [0.1, 0.15) is 0 Å². The van der Waals surface area contributed by atoms with Gasteiger partial charge in [0.25, 0.3) is 0 Å². The van der Waals surface area contributed by atoms with Gasteiger partial charge in [0.1, 0.15) is 5.75 Å². The molecule has 1 N–H and O–H groups in total. The summed E-state index contributed by atoms with van der Waals surface area (Å²) in [5.41, 5.74) is 0.782. The van der Waals surface area contributed by atoms with Crippen LogP contribution in [-0.2, 0) is 0 Å². The maximum Gasteiger partial charge on any atom is 0.232 e. The van der Waals surface area contributed by atoms with Crippen molar-refractivity contribution in [2.24, 2.45) is 0 Å². The zero-order valence-corrected chi connectivity index (χ0v) is 12.6. The largest absolute Gasteiger partial charge is 0.437 e. The number of fused-ring (bicyclic) bond motifs is 1. The van der Waals surface area contributed by atoms with E-state index >= 15 is 0 Å². The molecule has 0 saturated heterocycles. The maximum absolute atomic E-state index is 6.13. The number of benzene rings is 2. The van der Waals surface area contributed by atoms with Crippen LogP contribution in [0.2, 0.25) is 10.0 Å². The average Bonchev–Trinajstić information content (AvgIpc) is 2.50. The number of aromatic nitrogens is 2. The van der Waals surface area contributed by atoms with Crippen molar-refractivity contribution >= 4 is 40.1 Å². The summed E-state index contributed by atoms with van der Waals surface area (Å²) >= 11 is 12.1. The van der Waals surface area contributed by atoms with Crippen molar-refractivity contribution < 1.29 is 4.74 Å². The predicted molar refractivity (Wildman–Crippen MR) is 85.6 cm³/mol. The molecule has 0 aliphatic rings. The van der Waals surface area contributed by atoms with E-state index in [0.717, 1.165) is 10.9 Å². The van der Waals surface area contributed by atoms with Crippen LogP contribution in [0, 0.1) is 0 Å². The third-order valence-corrected chi connectivity index (χ3v) is 3.44. The van der Waals surface area contributed by atoms with Crippen molar-refractivity contribution in [2.45, 2.75) is 0 Å². The van der Waals surface area contributed by atoms with Gasteiger partial charge in [-0.3, -0.25) is 0 Å². The molecule has 2 aromatic carbocycles. The first kappa shape index (κ1) is 13.9. The summed E-state index contributed by atoms with van der Waals surface area (Å²) in [4.78, 5) is 8.71. The van der Waals surface area contributed by atoms with E-state index in [1.54, 1.807) is 25.2 Å². The molecule has 0 bridgehead atoms. The number of para-hydroxylation sites is 1. The first-order valence-electron chi connectivity index (χ1n) is 6.25. The van der Waals surface area contributed by atoms with Crippen LogP contribution < -0.4 is 10.1 Å². The van der Waals surface area contributed by atoms with Gasteiger partial charge in [-0.25, -0.2) is 4.98 Å². The van der Waals surface area contributed by atoms with Crippen molar-refractivity contribution in [3.05, 3.63) is 52.5 Å². The van der Waals surface area contributed by atoms with E-state index in [2.05, 4.69) is 15.3 Å². The molecule has 0 aliphatic heterocycles. The van der Waals surface area contributed by atoms with Crippen LogP contribution in [0.15, 0.2) is 42.5 Å².